The van der Waals surface area contributed by atoms with Gasteiger partial charge in [-0.05, 0) is 37.5 Å². The molecule has 1 fully saturated rings. The summed E-state index contributed by atoms with van der Waals surface area (Å²) in [5.74, 6) is 1.67. The number of hydrogen-bond donors (Lipinski definition) is 0. The van der Waals surface area contributed by atoms with Crippen molar-refractivity contribution in [1.82, 2.24) is 0 Å². The Balaban J connectivity index is 2.38. The molecule has 2 nitrogen and oxygen atoms in total. The molecule has 0 aromatic carbocycles. The van der Waals surface area contributed by atoms with Crippen LogP contribution in [0.1, 0.15) is 39.5 Å². The summed E-state index contributed by atoms with van der Waals surface area (Å²) in [4.78, 5) is 0. The summed E-state index contributed by atoms with van der Waals surface area (Å²) in [6.45, 7) is 4.05. The highest BCUT2D eigenvalue weighted by Crippen LogP contribution is 2.37. The summed E-state index contributed by atoms with van der Waals surface area (Å²) in [6.07, 6.45) is 3.66. The molecule has 3 atom stereocenters. The topological polar surface area (TPSA) is 34.1 Å². The Morgan fingerprint density at radius 1 is 1.27 bits per heavy atom. The fourth-order valence-corrected chi connectivity index (χ4v) is 4.17. The van der Waals surface area contributed by atoms with Gasteiger partial charge in [-0.2, -0.15) is 0 Å². The third kappa shape index (κ3) is 3.95. The highest BCUT2D eigenvalue weighted by molar-refractivity contribution is 7.91. The highest BCUT2D eigenvalue weighted by atomic mass is 35.5. The third-order valence-corrected chi connectivity index (χ3v) is 5.95. The van der Waals surface area contributed by atoms with Crippen molar-refractivity contribution in [1.29, 1.82) is 0 Å². The Hall–Kier alpha value is 0.240. The summed E-state index contributed by atoms with van der Waals surface area (Å²) in [7, 11) is -2.80. The number of rotatable bonds is 5. The van der Waals surface area contributed by atoms with Crippen LogP contribution in [0.2, 0.25) is 0 Å². The zero-order valence-corrected chi connectivity index (χ0v) is 11.1. The van der Waals surface area contributed by atoms with Crippen LogP contribution in [0.25, 0.3) is 0 Å². The molecule has 0 bridgehead atoms. The maximum Gasteiger partial charge on any atom is 0.150 e. The molecule has 1 rings (SSSR count). The first kappa shape index (κ1) is 13.3. The van der Waals surface area contributed by atoms with Gasteiger partial charge in [0.2, 0.25) is 0 Å². The quantitative estimate of drug-likeness (QED) is 0.705. The Bertz CT molecular complexity index is 287. The fraction of sp³-hybridized carbons (Fsp3) is 1.00. The van der Waals surface area contributed by atoms with Gasteiger partial charge in [0.25, 0.3) is 0 Å². The van der Waals surface area contributed by atoms with Crippen LogP contribution in [0.15, 0.2) is 0 Å². The second-order valence-corrected chi connectivity index (χ2v) is 7.52. The number of sulfone groups is 1. The highest BCUT2D eigenvalue weighted by Gasteiger charge is 2.31. The zero-order valence-electron chi connectivity index (χ0n) is 9.58. The van der Waals surface area contributed by atoms with E-state index in [1.165, 1.54) is 0 Å². The van der Waals surface area contributed by atoms with Gasteiger partial charge in [-0.15, -0.1) is 11.6 Å². The van der Waals surface area contributed by atoms with E-state index in [2.05, 4.69) is 6.92 Å². The summed E-state index contributed by atoms with van der Waals surface area (Å²) in [5.41, 5.74) is 0. The molecular formula is C11H21ClO2S. The Kier molecular flexibility index (Phi) is 4.91. The molecule has 0 aromatic heterocycles. The van der Waals surface area contributed by atoms with Gasteiger partial charge in [0.05, 0.1) is 5.75 Å². The van der Waals surface area contributed by atoms with Gasteiger partial charge < -0.3 is 0 Å². The van der Waals surface area contributed by atoms with E-state index in [1.54, 1.807) is 0 Å². The molecule has 0 spiro atoms. The van der Waals surface area contributed by atoms with Crippen molar-refractivity contribution >= 4 is 21.4 Å². The summed E-state index contributed by atoms with van der Waals surface area (Å²) >= 11 is 6.12. The minimum Gasteiger partial charge on any atom is -0.229 e. The first-order valence-electron chi connectivity index (χ1n) is 5.80. The third-order valence-electron chi connectivity index (χ3n) is 3.44. The van der Waals surface area contributed by atoms with E-state index in [0.29, 0.717) is 23.3 Å². The van der Waals surface area contributed by atoms with Crippen LogP contribution in [-0.4, -0.2) is 25.3 Å². The average molecular weight is 253 g/mol. The molecule has 15 heavy (non-hydrogen) atoms. The van der Waals surface area contributed by atoms with Crippen LogP contribution in [0, 0.1) is 11.8 Å². The standard InChI is InChI=1S/C11H21ClO2S/c1-3-7-15(13,14)8-6-10-4-5-11(12)9(10)2/h9-11H,3-8H2,1-2H3. The predicted molar refractivity (Wildman–Crippen MR) is 65.1 cm³/mol. The molecular weight excluding hydrogens is 232 g/mol. The predicted octanol–water partition coefficient (Wildman–Crippen LogP) is 2.85. The van der Waals surface area contributed by atoms with Crippen LogP contribution in [0.4, 0.5) is 0 Å². The normalized spacial score (nSPS) is 32.1. The maximum atomic E-state index is 11.5. The van der Waals surface area contributed by atoms with E-state index in [0.717, 1.165) is 25.7 Å². The van der Waals surface area contributed by atoms with E-state index in [9.17, 15) is 8.42 Å². The van der Waals surface area contributed by atoms with Crippen molar-refractivity contribution in [3.8, 4) is 0 Å². The smallest absolute Gasteiger partial charge is 0.150 e. The van der Waals surface area contributed by atoms with Gasteiger partial charge in [0.1, 0.15) is 9.84 Å². The molecule has 0 heterocycles. The second-order valence-electron chi connectivity index (χ2n) is 4.65. The van der Waals surface area contributed by atoms with Crippen molar-refractivity contribution < 1.29 is 8.42 Å². The van der Waals surface area contributed by atoms with E-state index in [4.69, 9.17) is 11.6 Å². The Morgan fingerprint density at radius 2 is 1.93 bits per heavy atom. The molecule has 0 saturated heterocycles. The van der Waals surface area contributed by atoms with Gasteiger partial charge in [-0.3, -0.25) is 0 Å². The number of alkyl halides is 1. The molecule has 0 N–H and O–H groups in total. The lowest BCUT2D eigenvalue weighted by molar-refractivity contribution is 0.409. The lowest BCUT2D eigenvalue weighted by Crippen LogP contribution is -2.17. The summed E-state index contributed by atoms with van der Waals surface area (Å²) in [6, 6.07) is 0. The van der Waals surface area contributed by atoms with Crippen molar-refractivity contribution in [3.05, 3.63) is 0 Å². The molecule has 0 aliphatic heterocycles. The van der Waals surface area contributed by atoms with Crippen molar-refractivity contribution in [3.63, 3.8) is 0 Å². The van der Waals surface area contributed by atoms with Crippen LogP contribution < -0.4 is 0 Å². The number of hydrogen-bond acceptors (Lipinski definition) is 2. The van der Waals surface area contributed by atoms with E-state index in [-0.39, 0.29) is 5.38 Å². The first-order chi connectivity index (χ1) is 6.96. The van der Waals surface area contributed by atoms with Gasteiger partial charge in [0.15, 0.2) is 0 Å². The van der Waals surface area contributed by atoms with E-state index >= 15 is 0 Å². The largest absolute Gasteiger partial charge is 0.229 e. The molecule has 4 heteroatoms. The molecule has 0 radical (unpaired) electrons. The molecule has 1 saturated carbocycles. The average Bonchev–Trinajstić information content (AvgIpc) is 2.45. The van der Waals surface area contributed by atoms with Crippen LogP contribution >= 0.6 is 11.6 Å². The van der Waals surface area contributed by atoms with E-state index < -0.39 is 9.84 Å². The number of halogens is 1. The van der Waals surface area contributed by atoms with Crippen molar-refractivity contribution in [2.24, 2.45) is 11.8 Å². The molecule has 3 unspecified atom stereocenters. The van der Waals surface area contributed by atoms with Gasteiger partial charge in [0, 0.05) is 11.1 Å². The Labute approximate surface area is 98.3 Å². The van der Waals surface area contributed by atoms with Crippen LogP contribution in [-0.2, 0) is 9.84 Å². The van der Waals surface area contributed by atoms with Gasteiger partial charge in [-0.1, -0.05) is 13.8 Å². The van der Waals surface area contributed by atoms with Crippen molar-refractivity contribution in [2.75, 3.05) is 11.5 Å². The lowest BCUT2D eigenvalue weighted by Gasteiger charge is -2.16. The van der Waals surface area contributed by atoms with Crippen LogP contribution in [0.5, 0.6) is 0 Å². The summed E-state index contributed by atoms with van der Waals surface area (Å²) in [5, 5.41) is 0.254. The minimum atomic E-state index is -2.80. The minimum absolute atomic E-state index is 0.254. The zero-order chi connectivity index (χ0) is 11.5. The molecule has 1 aliphatic rings. The second kappa shape index (κ2) is 5.53. The molecule has 0 amide bonds. The van der Waals surface area contributed by atoms with Gasteiger partial charge in [-0.25, -0.2) is 8.42 Å². The maximum absolute atomic E-state index is 11.5. The summed E-state index contributed by atoms with van der Waals surface area (Å²) < 4.78 is 23.1. The SMILES string of the molecule is CCCS(=O)(=O)CCC1CCC(Cl)C1C. The molecule has 0 aromatic rings. The molecule has 90 valence electrons. The lowest BCUT2D eigenvalue weighted by atomic mass is 9.95. The fourth-order valence-electron chi connectivity index (χ4n) is 2.35. The van der Waals surface area contributed by atoms with E-state index in [1.807, 2.05) is 6.92 Å². The van der Waals surface area contributed by atoms with Crippen LogP contribution in [0.3, 0.4) is 0 Å². The molecule has 1 aliphatic carbocycles. The Morgan fingerprint density at radius 3 is 2.40 bits per heavy atom. The van der Waals surface area contributed by atoms with Crippen molar-refractivity contribution in [2.45, 2.75) is 44.9 Å². The monoisotopic (exact) mass is 252 g/mol. The first-order valence-corrected chi connectivity index (χ1v) is 8.06. The van der Waals surface area contributed by atoms with Gasteiger partial charge >= 0.3 is 0 Å².